The van der Waals surface area contributed by atoms with Crippen LogP contribution in [0.4, 0.5) is 17.6 Å². The van der Waals surface area contributed by atoms with Gasteiger partial charge in [-0.3, -0.25) is 0 Å². The maximum absolute atomic E-state index is 5.61. The van der Waals surface area contributed by atoms with Gasteiger partial charge in [-0.05, 0) is 0 Å². The highest BCUT2D eigenvalue weighted by Crippen LogP contribution is 2.14. The number of rotatable bonds is 6. The number of anilines is 3. The Kier molecular flexibility index (Phi) is 4.53. The van der Waals surface area contributed by atoms with E-state index >= 15 is 0 Å². The smallest absolute Gasteiger partial charge is 0.223 e. The quantitative estimate of drug-likeness (QED) is 0.673. The molecular formula is C10H17N5O. The van der Waals surface area contributed by atoms with E-state index in [1.165, 1.54) is 0 Å². The van der Waals surface area contributed by atoms with Crippen LogP contribution in [0.5, 0.6) is 0 Å². The van der Waals surface area contributed by atoms with Crippen molar-refractivity contribution in [1.29, 1.82) is 0 Å². The van der Waals surface area contributed by atoms with E-state index in [1.807, 2.05) is 4.90 Å². The van der Waals surface area contributed by atoms with Crippen molar-refractivity contribution >= 4 is 17.6 Å². The van der Waals surface area contributed by atoms with Gasteiger partial charge in [-0.2, -0.15) is 9.97 Å². The molecule has 4 N–H and O–H groups in total. The van der Waals surface area contributed by atoms with E-state index in [2.05, 4.69) is 16.5 Å². The molecule has 0 aromatic carbocycles. The zero-order valence-electron chi connectivity index (χ0n) is 9.39. The predicted molar refractivity (Wildman–Crippen MR) is 65.1 cm³/mol. The molecule has 0 amide bonds. The minimum absolute atomic E-state index is 0.168. The summed E-state index contributed by atoms with van der Waals surface area (Å²) in [6, 6.07) is 1.68. The molecule has 0 radical (unpaired) electrons. The second-order valence-corrected chi connectivity index (χ2v) is 3.24. The monoisotopic (exact) mass is 223 g/mol. The predicted octanol–water partition coefficient (Wildman–Crippen LogP) is 0.280. The molecule has 0 bridgehead atoms. The molecule has 0 saturated heterocycles. The highest BCUT2D eigenvalue weighted by atomic mass is 16.5. The summed E-state index contributed by atoms with van der Waals surface area (Å²) in [6.45, 7) is 5.63. The first-order valence-corrected chi connectivity index (χ1v) is 4.92. The fourth-order valence-corrected chi connectivity index (χ4v) is 1.29. The molecule has 0 aliphatic heterocycles. The van der Waals surface area contributed by atoms with Gasteiger partial charge in [0.05, 0.1) is 6.61 Å². The number of nitrogens with two attached hydrogens (primary N) is 2. The number of nitrogens with zero attached hydrogens (tertiary/aromatic N) is 3. The lowest BCUT2D eigenvalue weighted by Crippen LogP contribution is -2.28. The van der Waals surface area contributed by atoms with E-state index in [9.17, 15) is 0 Å². The lowest BCUT2D eigenvalue weighted by molar-refractivity contribution is 0.205. The lowest BCUT2D eigenvalue weighted by Gasteiger charge is -2.21. The van der Waals surface area contributed by atoms with Crippen LogP contribution in [0.15, 0.2) is 18.7 Å². The Morgan fingerprint density at radius 1 is 1.50 bits per heavy atom. The van der Waals surface area contributed by atoms with Gasteiger partial charge in [-0.15, -0.1) is 6.58 Å². The Morgan fingerprint density at radius 3 is 2.81 bits per heavy atom. The van der Waals surface area contributed by atoms with Crippen molar-refractivity contribution in [2.75, 3.05) is 43.2 Å². The largest absolute Gasteiger partial charge is 0.383 e. The van der Waals surface area contributed by atoms with Crippen LogP contribution in [0.2, 0.25) is 0 Å². The van der Waals surface area contributed by atoms with Crippen LogP contribution < -0.4 is 16.4 Å². The minimum Gasteiger partial charge on any atom is -0.383 e. The maximum Gasteiger partial charge on any atom is 0.223 e. The summed E-state index contributed by atoms with van der Waals surface area (Å²) in [4.78, 5) is 9.90. The molecule has 1 rings (SSSR count). The van der Waals surface area contributed by atoms with E-state index < -0.39 is 0 Å². The molecule has 6 heteroatoms. The second-order valence-electron chi connectivity index (χ2n) is 3.24. The summed E-state index contributed by atoms with van der Waals surface area (Å²) >= 11 is 0. The first-order valence-electron chi connectivity index (χ1n) is 4.92. The molecule has 0 atom stereocenters. The number of hydrogen-bond donors (Lipinski definition) is 2. The molecule has 1 heterocycles. The Bertz CT molecular complexity index is 335. The van der Waals surface area contributed by atoms with E-state index in [1.54, 1.807) is 19.3 Å². The van der Waals surface area contributed by atoms with Crippen LogP contribution >= 0.6 is 0 Å². The van der Waals surface area contributed by atoms with Crippen molar-refractivity contribution in [2.45, 2.75) is 0 Å². The standard InChI is InChI=1S/C10H17N5O/c1-3-4-15(5-6-16-2)9-7-8(11)13-10(12)14-9/h3,7H,1,4-6H2,2H3,(H4,11,12,13,14). The average molecular weight is 223 g/mol. The Balaban J connectivity index is 2.86. The minimum atomic E-state index is 0.168. The van der Waals surface area contributed by atoms with Gasteiger partial charge in [0.1, 0.15) is 11.6 Å². The molecule has 0 fully saturated rings. The molecule has 0 aliphatic carbocycles. The SMILES string of the molecule is C=CCN(CCOC)c1cc(N)nc(N)n1. The van der Waals surface area contributed by atoms with Crippen molar-refractivity contribution in [1.82, 2.24) is 9.97 Å². The van der Waals surface area contributed by atoms with Crippen LogP contribution in [-0.2, 0) is 4.74 Å². The number of hydrogen-bond acceptors (Lipinski definition) is 6. The zero-order chi connectivity index (χ0) is 12.0. The van der Waals surface area contributed by atoms with Gasteiger partial charge in [0.25, 0.3) is 0 Å². The fraction of sp³-hybridized carbons (Fsp3) is 0.400. The van der Waals surface area contributed by atoms with Gasteiger partial charge in [-0.25, -0.2) is 0 Å². The first kappa shape index (κ1) is 12.3. The van der Waals surface area contributed by atoms with Crippen molar-refractivity contribution < 1.29 is 4.74 Å². The highest BCUT2D eigenvalue weighted by Gasteiger charge is 2.08. The molecule has 0 spiro atoms. The molecule has 1 aromatic rings. The Hall–Kier alpha value is -1.82. The number of methoxy groups -OCH3 is 1. The molecular weight excluding hydrogens is 206 g/mol. The zero-order valence-corrected chi connectivity index (χ0v) is 9.39. The van der Waals surface area contributed by atoms with Crippen molar-refractivity contribution in [2.24, 2.45) is 0 Å². The van der Waals surface area contributed by atoms with Crippen molar-refractivity contribution in [3.05, 3.63) is 18.7 Å². The average Bonchev–Trinajstić information content (AvgIpc) is 2.22. The number of nitrogen functional groups attached to an aromatic ring is 2. The van der Waals surface area contributed by atoms with Gasteiger partial charge in [-0.1, -0.05) is 6.08 Å². The van der Waals surface area contributed by atoms with Crippen molar-refractivity contribution in [3.63, 3.8) is 0 Å². The van der Waals surface area contributed by atoms with Crippen molar-refractivity contribution in [3.8, 4) is 0 Å². The maximum atomic E-state index is 5.61. The van der Waals surface area contributed by atoms with Crippen LogP contribution in [0, 0.1) is 0 Å². The number of aromatic nitrogens is 2. The summed E-state index contributed by atoms with van der Waals surface area (Å²) < 4.78 is 5.02. The topological polar surface area (TPSA) is 90.3 Å². The molecule has 16 heavy (non-hydrogen) atoms. The third-order valence-corrected chi connectivity index (χ3v) is 1.99. The van der Waals surface area contributed by atoms with Gasteiger partial charge < -0.3 is 21.1 Å². The molecule has 1 aromatic heterocycles. The summed E-state index contributed by atoms with van der Waals surface area (Å²) in [6.07, 6.45) is 1.78. The molecule has 0 aliphatic rings. The van der Waals surface area contributed by atoms with E-state index in [4.69, 9.17) is 16.2 Å². The third-order valence-electron chi connectivity index (χ3n) is 1.99. The normalized spacial score (nSPS) is 10.1. The van der Waals surface area contributed by atoms with E-state index in [0.29, 0.717) is 31.3 Å². The third kappa shape index (κ3) is 3.39. The van der Waals surface area contributed by atoms with Gasteiger partial charge in [0.15, 0.2) is 0 Å². The van der Waals surface area contributed by atoms with E-state index in [0.717, 1.165) is 0 Å². The highest BCUT2D eigenvalue weighted by molar-refractivity contribution is 5.50. The lowest BCUT2D eigenvalue weighted by atomic mass is 10.4. The van der Waals surface area contributed by atoms with Gasteiger partial charge in [0.2, 0.25) is 5.95 Å². The first-order chi connectivity index (χ1) is 7.67. The molecule has 6 nitrogen and oxygen atoms in total. The van der Waals surface area contributed by atoms with Crippen LogP contribution in [0.25, 0.3) is 0 Å². The summed E-state index contributed by atoms with van der Waals surface area (Å²) in [5, 5.41) is 0. The second kappa shape index (κ2) is 5.92. The number of ether oxygens (including phenoxy) is 1. The molecule has 0 unspecified atom stereocenters. The van der Waals surface area contributed by atoms with Crippen LogP contribution in [-0.4, -0.2) is 36.8 Å². The Labute approximate surface area is 94.9 Å². The Morgan fingerprint density at radius 2 is 2.25 bits per heavy atom. The van der Waals surface area contributed by atoms with Gasteiger partial charge in [0, 0.05) is 26.3 Å². The van der Waals surface area contributed by atoms with E-state index in [-0.39, 0.29) is 5.95 Å². The molecule has 0 saturated carbocycles. The summed E-state index contributed by atoms with van der Waals surface area (Å²) in [5.74, 6) is 1.21. The molecule has 88 valence electrons. The van der Waals surface area contributed by atoms with Gasteiger partial charge >= 0.3 is 0 Å². The van der Waals surface area contributed by atoms with Crippen LogP contribution in [0.3, 0.4) is 0 Å². The fourth-order valence-electron chi connectivity index (χ4n) is 1.29. The summed E-state index contributed by atoms with van der Waals surface area (Å²) in [5.41, 5.74) is 11.1. The van der Waals surface area contributed by atoms with Crippen LogP contribution in [0.1, 0.15) is 0 Å². The summed E-state index contributed by atoms with van der Waals surface area (Å²) in [7, 11) is 1.65.